The Morgan fingerprint density at radius 1 is 1.25 bits per heavy atom. The average Bonchev–Trinajstić information content (AvgIpc) is 3.18. The third-order valence-corrected chi connectivity index (χ3v) is 6.04. The zero-order valence-corrected chi connectivity index (χ0v) is 18.4. The zero-order chi connectivity index (χ0) is 22.7. The third-order valence-electron chi connectivity index (χ3n) is 5.15. The molecule has 164 valence electrons. The third kappa shape index (κ3) is 4.43. The summed E-state index contributed by atoms with van der Waals surface area (Å²) < 4.78 is 19.1. The van der Waals surface area contributed by atoms with Crippen LogP contribution in [0.25, 0.3) is 0 Å². The number of ether oxygens (including phenoxy) is 1. The molecule has 3 heterocycles. The average molecular weight is 453 g/mol. The molecule has 32 heavy (non-hydrogen) atoms. The molecule has 0 fully saturated rings. The van der Waals surface area contributed by atoms with E-state index in [1.807, 2.05) is 22.4 Å². The van der Waals surface area contributed by atoms with Crippen LogP contribution in [0.15, 0.2) is 76.2 Å². The van der Waals surface area contributed by atoms with Gasteiger partial charge in [-0.25, -0.2) is 14.2 Å². The minimum absolute atomic E-state index is 0.0798. The first kappa shape index (κ1) is 21.8. The summed E-state index contributed by atoms with van der Waals surface area (Å²) >= 11 is 1.36. The monoisotopic (exact) mass is 452 g/mol. The summed E-state index contributed by atoms with van der Waals surface area (Å²) in [7, 11) is 1.30. The Labute approximate surface area is 189 Å². The molecular weight excluding hydrogens is 431 g/mol. The first-order valence-corrected chi connectivity index (χ1v) is 10.8. The predicted octanol–water partition coefficient (Wildman–Crippen LogP) is 3.68. The smallest absolute Gasteiger partial charge is 0.338 e. The lowest BCUT2D eigenvalue weighted by molar-refractivity contribution is -0.136. The molecule has 4 rings (SSSR count). The SMILES string of the molecule is COC(=O)C1=C(C)N=C2SC=C(CC(=O)NCc3ccncc3)N2[C@@H]1c1cccc(F)c1. The molecule has 1 aromatic carbocycles. The lowest BCUT2D eigenvalue weighted by Crippen LogP contribution is -2.38. The van der Waals surface area contributed by atoms with E-state index >= 15 is 0 Å². The molecular formula is C23H21FN4O3S. The lowest BCUT2D eigenvalue weighted by atomic mass is 9.94. The number of rotatable bonds is 6. The van der Waals surface area contributed by atoms with Gasteiger partial charge in [-0.2, -0.15) is 0 Å². The molecule has 1 amide bonds. The number of fused-ring (bicyclic) bond motifs is 1. The number of thioether (sulfide) groups is 1. The summed E-state index contributed by atoms with van der Waals surface area (Å²) in [6, 6.07) is 9.07. The molecule has 2 aromatic rings. The molecule has 1 aromatic heterocycles. The van der Waals surface area contributed by atoms with Gasteiger partial charge in [0.15, 0.2) is 5.17 Å². The van der Waals surface area contributed by atoms with Crippen molar-refractivity contribution >= 4 is 28.8 Å². The van der Waals surface area contributed by atoms with Gasteiger partial charge in [0.2, 0.25) is 5.91 Å². The highest BCUT2D eigenvalue weighted by molar-refractivity contribution is 8.16. The van der Waals surface area contributed by atoms with E-state index in [1.54, 1.807) is 31.5 Å². The van der Waals surface area contributed by atoms with Crippen LogP contribution in [-0.2, 0) is 20.9 Å². The van der Waals surface area contributed by atoms with Gasteiger partial charge in [-0.15, -0.1) is 0 Å². The van der Waals surface area contributed by atoms with Crippen molar-refractivity contribution in [1.29, 1.82) is 0 Å². The highest BCUT2D eigenvalue weighted by Crippen LogP contribution is 2.44. The topological polar surface area (TPSA) is 83.9 Å². The number of pyridine rings is 1. The number of amidine groups is 1. The van der Waals surface area contributed by atoms with Crippen molar-refractivity contribution in [3.63, 3.8) is 0 Å². The van der Waals surface area contributed by atoms with Gasteiger partial charge < -0.3 is 15.0 Å². The van der Waals surface area contributed by atoms with Crippen molar-refractivity contribution < 1.29 is 18.7 Å². The number of amides is 1. The molecule has 0 bridgehead atoms. The molecule has 7 nitrogen and oxygen atoms in total. The Bertz CT molecular complexity index is 1150. The number of hydrogen-bond acceptors (Lipinski definition) is 7. The van der Waals surface area contributed by atoms with Gasteiger partial charge in [-0.1, -0.05) is 23.9 Å². The van der Waals surface area contributed by atoms with Crippen LogP contribution in [0.2, 0.25) is 0 Å². The lowest BCUT2D eigenvalue weighted by Gasteiger charge is -2.36. The number of benzene rings is 1. The van der Waals surface area contributed by atoms with Gasteiger partial charge in [-0.3, -0.25) is 9.78 Å². The van der Waals surface area contributed by atoms with Crippen LogP contribution in [0.3, 0.4) is 0 Å². The van der Waals surface area contributed by atoms with Crippen LogP contribution in [0.4, 0.5) is 4.39 Å². The highest BCUT2D eigenvalue weighted by atomic mass is 32.2. The van der Waals surface area contributed by atoms with Gasteiger partial charge in [0.25, 0.3) is 0 Å². The van der Waals surface area contributed by atoms with Crippen LogP contribution >= 0.6 is 11.8 Å². The standard InChI is InChI=1S/C23H21FN4O3S/c1-14-20(22(30)31-2)21(16-4-3-5-17(24)10-16)28-18(13-32-23(28)27-14)11-19(29)26-12-15-6-8-25-9-7-15/h3-10,13,21H,11-12H2,1-2H3,(H,26,29)/t21-/m1/s1. The molecule has 1 N–H and O–H groups in total. The Morgan fingerprint density at radius 2 is 2.03 bits per heavy atom. The molecule has 9 heteroatoms. The second kappa shape index (κ2) is 9.35. The van der Waals surface area contributed by atoms with Crippen LogP contribution in [0, 0.1) is 5.82 Å². The van der Waals surface area contributed by atoms with Gasteiger partial charge in [-0.05, 0) is 47.7 Å². The predicted molar refractivity (Wildman–Crippen MR) is 120 cm³/mol. The molecule has 0 saturated heterocycles. The fraction of sp³-hybridized carbons (Fsp3) is 0.217. The molecule has 0 saturated carbocycles. The summed E-state index contributed by atoms with van der Waals surface area (Å²) in [5.41, 5.74) is 2.99. The first-order valence-electron chi connectivity index (χ1n) is 9.91. The van der Waals surface area contributed by atoms with Crippen molar-refractivity contribution in [3.05, 3.63) is 88.1 Å². The summed E-state index contributed by atoms with van der Waals surface area (Å²) in [4.78, 5) is 35.6. The van der Waals surface area contributed by atoms with E-state index in [9.17, 15) is 14.0 Å². The van der Waals surface area contributed by atoms with Crippen LogP contribution in [-0.4, -0.2) is 34.0 Å². The quantitative estimate of drug-likeness (QED) is 0.674. The van der Waals surface area contributed by atoms with E-state index in [2.05, 4.69) is 15.3 Å². The summed E-state index contributed by atoms with van der Waals surface area (Å²) in [5.74, 6) is -1.14. The van der Waals surface area contributed by atoms with Gasteiger partial charge >= 0.3 is 5.97 Å². The number of hydrogen-bond donors (Lipinski definition) is 1. The molecule has 1 atom stereocenters. The highest BCUT2D eigenvalue weighted by Gasteiger charge is 2.41. The number of carbonyl (C=O) groups excluding carboxylic acids is 2. The van der Waals surface area contributed by atoms with Crippen molar-refractivity contribution in [2.24, 2.45) is 4.99 Å². The van der Waals surface area contributed by atoms with Crippen LogP contribution in [0.1, 0.15) is 30.5 Å². The number of esters is 1. The maximum atomic E-state index is 14.1. The number of nitrogens with zero attached hydrogens (tertiary/aromatic N) is 3. The Hall–Kier alpha value is -3.46. The maximum absolute atomic E-state index is 14.1. The van der Waals surface area contributed by atoms with Crippen molar-refractivity contribution in [3.8, 4) is 0 Å². The number of carbonyl (C=O) groups is 2. The molecule has 0 unspecified atom stereocenters. The number of halogens is 1. The largest absolute Gasteiger partial charge is 0.466 e. The van der Waals surface area contributed by atoms with Crippen molar-refractivity contribution in [1.82, 2.24) is 15.2 Å². The molecule has 2 aliphatic rings. The van der Waals surface area contributed by atoms with Gasteiger partial charge in [0.05, 0.1) is 30.8 Å². The second-order valence-electron chi connectivity index (χ2n) is 7.25. The number of aromatic nitrogens is 1. The molecule has 0 spiro atoms. The minimum Gasteiger partial charge on any atom is -0.466 e. The fourth-order valence-electron chi connectivity index (χ4n) is 3.66. The number of aliphatic imine (C=N–C) groups is 1. The Kier molecular flexibility index (Phi) is 6.36. The number of methoxy groups -OCH3 is 1. The number of nitrogens with one attached hydrogen (secondary N) is 1. The Morgan fingerprint density at radius 3 is 2.75 bits per heavy atom. The normalized spacial score (nSPS) is 17.5. The van der Waals surface area contributed by atoms with Gasteiger partial charge in [0.1, 0.15) is 5.82 Å². The van der Waals surface area contributed by atoms with Gasteiger partial charge in [0, 0.05) is 24.6 Å². The van der Waals surface area contributed by atoms with E-state index in [4.69, 9.17) is 4.74 Å². The van der Waals surface area contributed by atoms with Crippen molar-refractivity contribution in [2.45, 2.75) is 25.9 Å². The molecule has 0 radical (unpaired) electrons. The molecule has 0 aliphatic carbocycles. The number of allylic oxidation sites excluding steroid dienone is 1. The summed E-state index contributed by atoms with van der Waals surface area (Å²) in [6.07, 6.45) is 3.41. The zero-order valence-electron chi connectivity index (χ0n) is 17.5. The summed E-state index contributed by atoms with van der Waals surface area (Å²) in [5, 5.41) is 5.36. The molecule has 2 aliphatic heterocycles. The summed E-state index contributed by atoms with van der Waals surface area (Å²) in [6.45, 7) is 2.10. The van der Waals surface area contributed by atoms with E-state index in [1.165, 1.54) is 31.0 Å². The van der Waals surface area contributed by atoms with Crippen molar-refractivity contribution in [2.75, 3.05) is 7.11 Å². The Balaban J connectivity index is 1.61. The van der Waals surface area contributed by atoms with E-state index in [0.29, 0.717) is 34.2 Å². The minimum atomic E-state index is -0.653. The maximum Gasteiger partial charge on any atom is 0.338 e. The van der Waals surface area contributed by atoms with E-state index in [0.717, 1.165) is 5.56 Å². The van der Waals surface area contributed by atoms with Crippen LogP contribution in [0.5, 0.6) is 0 Å². The van der Waals surface area contributed by atoms with E-state index < -0.39 is 17.8 Å². The van der Waals surface area contributed by atoms with Crippen LogP contribution < -0.4 is 5.32 Å². The first-order chi connectivity index (χ1) is 15.5. The fourth-order valence-corrected chi connectivity index (χ4v) is 4.63. The van der Waals surface area contributed by atoms with E-state index in [-0.39, 0.29) is 12.3 Å². The second-order valence-corrected chi connectivity index (χ2v) is 8.09.